The normalized spacial score (nSPS) is 10.0. The van der Waals surface area contributed by atoms with Gasteiger partial charge in [-0.3, -0.25) is 0 Å². The van der Waals surface area contributed by atoms with Gasteiger partial charge in [-0.25, -0.2) is 4.39 Å². The van der Waals surface area contributed by atoms with Crippen molar-refractivity contribution in [3.05, 3.63) is 35.8 Å². The Labute approximate surface area is 68.8 Å². The SMILES string of the molecule is C#Cc1c(F)ccc2ccoc12. The second kappa shape index (κ2) is 2.38. The van der Waals surface area contributed by atoms with Crippen LogP contribution in [0.15, 0.2) is 28.9 Å². The molecule has 0 saturated heterocycles. The third-order valence-corrected chi connectivity index (χ3v) is 1.72. The van der Waals surface area contributed by atoms with Gasteiger partial charge in [0.05, 0.1) is 6.26 Å². The van der Waals surface area contributed by atoms with Gasteiger partial charge in [-0.1, -0.05) is 5.92 Å². The molecule has 0 fully saturated rings. The van der Waals surface area contributed by atoms with Crippen LogP contribution < -0.4 is 0 Å². The minimum Gasteiger partial charge on any atom is -0.463 e. The number of hydrogen-bond donors (Lipinski definition) is 0. The molecule has 0 aliphatic rings. The topological polar surface area (TPSA) is 13.1 Å². The van der Waals surface area contributed by atoms with E-state index in [-0.39, 0.29) is 5.56 Å². The van der Waals surface area contributed by atoms with Crippen molar-refractivity contribution in [2.45, 2.75) is 0 Å². The monoisotopic (exact) mass is 160 g/mol. The van der Waals surface area contributed by atoms with Gasteiger partial charge in [-0.05, 0) is 18.2 Å². The van der Waals surface area contributed by atoms with Gasteiger partial charge in [-0.2, -0.15) is 0 Å². The molecule has 0 saturated carbocycles. The number of fused-ring (bicyclic) bond motifs is 1. The molecule has 1 nitrogen and oxygen atoms in total. The number of terminal acetylenes is 1. The number of benzene rings is 1. The van der Waals surface area contributed by atoms with Gasteiger partial charge in [0, 0.05) is 5.39 Å². The molecule has 2 heteroatoms. The lowest BCUT2D eigenvalue weighted by Crippen LogP contribution is -1.82. The zero-order valence-electron chi connectivity index (χ0n) is 6.17. The van der Waals surface area contributed by atoms with Crippen molar-refractivity contribution in [1.29, 1.82) is 0 Å². The standard InChI is InChI=1S/C10H5FO/c1-2-8-9(11)4-3-7-5-6-12-10(7)8/h1,3-6H. The highest BCUT2D eigenvalue weighted by Crippen LogP contribution is 2.21. The van der Waals surface area contributed by atoms with Crippen molar-refractivity contribution in [2.75, 3.05) is 0 Å². The van der Waals surface area contributed by atoms with Crippen LogP contribution in [0.1, 0.15) is 5.56 Å². The molecule has 2 aromatic rings. The van der Waals surface area contributed by atoms with Crippen LogP contribution in [-0.2, 0) is 0 Å². The molecule has 0 amide bonds. The Hall–Kier alpha value is -1.75. The molecule has 0 aliphatic heterocycles. The lowest BCUT2D eigenvalue weighted by Gasteiger charge is -1.94. The highest BCUT2D eigenvalue weighted by molar-refractivity contribution is 5.83. The fourth-order valence-corrected chi connectivity index (χ4v) is 1.14. The lowest BCUT2D eigenvalue weighted by atomic mass is 10.1. The van der Waals surface area contributed by atoms with Gasteiger partial charge < -0.3 is 4.42 Å². The van der Waals surface area contributed by atoms with E-state index in [1.165, 1.54) is 12.3 Å². The minimum atomic E-state index is -0.417. The van der Waals surface area contributed by atoms with E-state index < -0.39 is 5.82 Å². The van der Waals surface area contributed by atoms with Crippen LogP contribution in [0.25, 0.3) is 11.0 Å². The molecular weight excluding hydrogens is 155 g/mol. The summed E-state index contributed by atoms with van der Waals surface area (Å²) in [6, 6.07) is 4.72. The van der Waals surface area contributed by atoms with Gasteiger partial charge in [0.15, 0.2) is 5.58 Å². The van der Waals surface area contributed by atoms with Crippen LogP contribution in [0, 0.1) is 18.2 Å². The van der Waals surface area contributed by atoms with Gasteiger partial charge in [0.1, 0.15) is 11.4 Å². The fraction of sp³-hybridized carbons (Fsp3) is 0. The average Bonchev–Trinajstić information content (AvgIpc) is 2.52. The van der Waals surface area contributed by atoms with Crippen molar-refractivity contribution in [3.8, 4) is 12.3 Å². The van der Waals surface area contributed by atoms with E-state index >= 15 is 0 Å². The van der Waals surface area contributed by atoms with Gasteiger partial charge in [0.25, 0.3) is 0 Å². The predicted molar refractivity (Wildman–Crippen MR) is 44.1 cm³/mol. The molecule has 12 heavy (non-hydrogen) atoms. The molecule has 0 spiro atoms. The van der Waals surface area contributed by atoms with Crippen molar-refractivity contribution in [1.82, 2.24) is 0 Å². The fourth-order valence-electron chi connectivity index (χ4n) is 1.14. The molecule has 0 radical (unpaired) electrons. The number of furan rings is 1. The summed E-state index contributed by atoms with van der Waals surface area (Å²) in [5.74, 6) is 1.84. The summed E-state index contributed by atoms with van der Waals surface area (Å²) in [5.41, 5.74) is 0.634. The van der Waals surface area contributed by atoms with Crippen molar-refractivity contribution < 1.29 is 8.81 Å². The molecule has 0 bridgehead atoms. The molecule has 0 atom stereocenters. The van der Waals surface area contributed by atoms with Gasteiger partial charge >= 0.3 is 0 Å². The molecule has 1 heterocycles. The van der Waals surface area contributed by atoms with Crippen molar-refractivity contribution in [2.24, 2.45) is 0 Å². The number of rotatable bonds is 0. The Morgan fingerprint density at radius 2 is 2.17 bits per heavy atom. The van der Waals surface area contributed by atoms with E-state index in [1.54, 1.807) is 12.1 Å². The first-order valence-electron chi connectivity index (χ1n) is 3.45. The minimum absolute atomic E-state index is 0.192. The Morgan fingerprint density at radius 1 is 1.33 bits per heavy atom. The maximum absolute atomic E-state index is 13.0. The predicted octanol–water partition coefficient (Wildman–Crippen LogP) is 2.55. The van der Waals surface area contributed by atoms with Crippen LogP contribution in [0.3, 0.4) is 0 Å². The third kappa shape index (κ3) is 0.802. The maximum atomic E-state index is 13.0. The summed E-state index contributed by atoms with van der Waals surface area (Å²) in [7, 11) is 0. The summed E-state index contributed by atoms with van der Waals surface area (Å²) in [5, 5.41) is 0.823. The maximum Gasteiger partial charge on any atom is 0.152 e. The van der Waals surface area contributed by atoms with Gasteiger partial charge in [-0.15, -0.1) is 6.42 Å². The lowest BCUT2D eigenvalue weighted by molar-refractivity contribution is 0.595. The largest absolute Gasteiger partial charge is 0.463 e. The van der Waals surface area contributed by atoms with Gasteiger partial charge in [0.2, 0.25) is 0 Å². The molecule has 2 rings (SSSR count). The van der Waals surface area contributed by atoms with Crippen molar-refractivity contribution >= 4 is 11.0 Å². The molecule has 0 N–H and O–H groups in total. The smallest absolute Gasteiger partial charge is 0.152 e. The Balaban J connectivity index is 2.94. The summed E-state index contributed by atoms with van der Waals surface area (Å²) >= 11 is 0. The first kappa shape index (κ1) is 6.93. The summed E-state index contributed by atoms with van der Waals surface area (Å²) in [6.07, 6.45) is 6.62. The van der Waals surface area contributed by atoms with Crippen LogP contribution in [0.2, 0.25) is 0 Å². The zero-order valence-corrected chi connectivity index (χ0v) is 6.17. The zero-order chi connectivity index (χ0) is 8.55. The Morgan fingerprint density at radius 3 is 2.92 bits per heavy atom. The number of hydrogen-bond acceptors (Lipinski definition) is 1. The molecule has 0 unspecified atom stereocenters. The summed E-state index contributed by atoms with van der Waals surface area (Å²) in [4.78, 5) is 0. The summed E-state index contributed by atoms with van der Waals surface area (Å²) in [6.45, 7) is 0. The average molecular weight is 160 g/mol. The van der Waals surface area contributed by atoms with E-state index in [9.17, 15) is 4.39 Å². The highest BCUT2D eigenvalue weighted by Gasteiger charge is 2.06. The quantitative estimate of drug-likeness (QED) is 0.540. The molecule has 0 aliphatic carbocycles. The Kier molecular flexibility index (Phi) is 1.38. The van der Waals surface area contributed by atoms with Crippen LogP contribution in [0.5, 0.6) is 0 Å². The Bertz CT molecular complexity index is 462. The van der Waals surface area contributed by atoms with E-state index in [1.807, 2.05) is 0 Å². The van der Waals surface area contributed by atoms with E-state index in [0.29, 0.717) is 5.58 Å². The second-order valence-electron chi connectivity index (χ2n) is 2.41. The third-order valence-electron chi connectivity index (χ3n) is 1.72. The molecule has 1 aromatic carbocycles. The van der Waals surface area contributed by atoms with E-state index in [2.05, 4.69) is 5.92 Å². The first-order valence-corrected chi connectivity index (χ1v) is 3.45. The van der Waals surface area contributed by atoms with E-state index in [4.69, 9.17) is 10.8 Å². The first-order chi connectivity index (χ1) is 5.83. The van der Waals surface area contributed by atoms with Crippen LogP contribution >= 0.6 is 0 Å². The van der Waals surface area contributed by atoms with Crippen molar-refractivity contribution in [3.63, 3.8) is 0 Å². The molecular formula is C10H5FO. The second-order valence-corrected chi connectivity index (χ2v) is 2.41. The highest BCUT2D eigenvalue weighted by atomic mass is 19.1. The molecule has 58 valence electrons. The van der Waals surface area contributed by atoms with Crippen LogP contribution in [0.4, 0.5) is 4.39 Å². The van der Waals surface area contributed by atoms with E-state index in [0.717, 1.165) is 5.39 Å². The number of halogens is 1. The molecule has 1 aromatic heterocycles. The summed E-state index contributed by atoms with van der Waals surface area (Å²) < 4.78 is 18.0. The van der Waals surface area contributed by atoms with Crippen LogP contribution in [-0.4, -0.2) is 0 Å².